The van der Waals surface area contributed by atoms with Gasteiger partial charge < -0.3 is 5.11 Å². The molecule has 0 saturated carbocycles. The quantitative estimate of drug-likeness (QED) is 0.289. The molecule has 0 aliphatic heterocycles. The highest BCUT2D eigenvalue weighted by Crippen LogP contribution is 2.49. The molecule has 0 radical (unpaired) electrons. The number of anilines is 1. The van der Waals surface area contributed by atoms with E-state index in [9.17, 15) is 14.7 Å². The maximum Gasteiger partial charge on any atom is 0.327 e. The number of carboxylic acid groups (broad SMARTS) is 1. The first-order valence-corrected chi connectivity index (χ1v) is 12.4. The van der Waals surface area contributed by atoms with Crippen LogP contribution in [0.1, 0.15) is 23.6 Å². The molecular formula is C30H27NO3S. The molecule has 1 amide bonds. The van der Waals surface area contributed by atoms with Gasteiger partial charge in [0.05, 0.1) is 4.75 Å². The van der Waals surface area contributed by atoms with Crippen molar-refractivity contribution in [3.05, 3.63) is 138 Å². The second-order valence-electron chi connectivity index (χ2n) is 8.17. The van der Waals surface area contributed by atoms with Crippen molar-refractivity contribution < 1.29 is 14.7 Å². The van der Waals surface area contributed by atoms with Crippen LogP contribution >= 0.6 is 11.8 Å². The van der Waals surface area contributed by atoms with Crippen LogP contribution in [0, 0.1) is 0 Å². The van der Waals surface area contributed by atoms with Gasteiger partial charge in [-0.1, -0.05) is 109 Å². The van der Waals surface area contributed by atoms with Gasteiger partial charge in [-0.25, -0.2) is 4.79 Å². The Balaban J connectivity index is 1.84. The van der Waals surface area contributed by atoms with E-state index in [-0.39, 0.29) is 11.7 Å². The van der Waals surface area contributed by atoms with Gasteiger partial charge in [0, 0.05) is 18.4 Å². The van der Waals surface area contributed by atoms with Crippen LogP contribution in [-0.2, 0) is 14.3 Å². The monoisotopic (exact) mass is 481 g/mol. The SMILES string of the molecule is CC(=O)N(c1ccccc1)[C@@H](CSC(c1ccccc1)(c1ccccc1)c1ccccc1)C(=O)O. The second-order valence-corrected chi connectivity index (χ2v) is 9.40. The Hall–Kier alpha value is -3.83. The van der Waals surface area contributed by atoms with Crippen molar-refractivity contribution in [1.29, 1.82) is 0 Å². The Morgan fingerprint density at radius 3 is 1.43 bits per heavy atom. The van der Waals surface area contributed by atoms with Crippen molar-refractivity contribution in [3.63, 3.8) is 0 Å². The van der Waals surface area contributed by atoms with Gasteiger partial charge in [0.2, 0.25) is 5.91 Å². The molecule has 0 heterocycles. The number of carboxylic acids is 1. The van der Waals surface area contributed by atoms with E-state index in [4.69, 9.17) is 0 Å². The third-order valence-corrected chi connectivity index (χ3v) is 7.59. The fraction of sp³-hybridized carbons (Fsp3) is 0.133. The number of hydrogen-bond donors (Lipinski definition) is 1. The number of rotatable bonds is 9. The highest BCUT2D eigenvalue weighted by atomic mass is 32.2. The normalized spacial score (nSPS) is 12.0. The number of para-hydroxylation sites is 1. The Labute approximate surface area is 210 Å². The van der Waals surface area contributed by atoms with Crippen molar-refractivity contribution in [2.24, 2.45) is 0 Å². The lowest BCUT2D eigenvalue weighted by Crippen LogP contribution is -2.47. The van der Waals surface area contributed by atoms with Crippen LogP contribution in [0.4, 0.5) is 5.69 Å². The highest BCUT2D eigenvalue weighted by molar-refractivity contribution is 8.00. The third-order valence-electron chi connectivity index (χ3n) is 5.97. The third kappa shape index (κ3) is 5.15. The number of aliphatic carboxylic acids is 1. The summed E-state index contributed by atoms with van der Waals surface area (Å²) in [5.74, 6) is -1.17. The summed E-state index contributed by atoms with van der Waals surface area (Å²) in [7, 11) is 0. The summed E-state index contributed by atoms with van der Waals surface area (Å²) < 4.78 is -0.670. The molecule has 1 N–H and O–H groups in total. The lowest BCUT2D eigenvalue weighted by atomic mass is 9.84. The summed E-state index contributed by atoms with van der Waals surface area (Å²) >= 11 is 1.53. The average Bonchev–Trinajstić information content (AvgIpc) is 2.90. The molecule has 0 spiro atoms. The summed E-state index contributed by atoms with van der Waals surface area (Å²) in [4.78, 5) is 26.6. The molecule has 0 aromatic heterocycles. The predicted octanol–water partition coefficient (Wildman–Crippen LogP) is 6.22. The lowest BCUT2D eigenvalue weighted by Gasteiger charge is -2.37. The first-order valence-electron chi connectivity index (χ1n) is 11.4. The van der Waals surface area contributed by atoms with E-state index in [1.807, 2.05) is 60.7 Å². The topological polar surface area (TPSA) is 57.6 Å². The van der Waals surface area contributed by atoms with Crippen LogP contribution in [0.25, 0.3) is 0 Å². The van der Waals surface area contributed by atoms with Gasteiger partial charge in [-0.15, -0.1) is 11.8 Å². The summed E-state index contributed by atoms with van der Waals surface area (Å²) in [6.45, 7) is 1.41. The summed E-state index contributed by atoms with van der Waals surface area (Å²) in [5.41, 5.74) is 3.69. The molecule has 0 aliphatic carbocycles. The number of carbonyl (C=O) groups is 2. The Morgan fingerprint density at radius 2 is 1.09 bits per heavy atom. The molecule has 0 bridgehead atoms. The van der Waals surface area contributed by atoms with Gasteiger partial charge in [-0.3, -0.25) is 9.69 Å². The fourth-order valence-electron chi connectivity index (χ4n) is 4.40. The molecule has 5 heteroatoms. The molecule has 0 aliphatic rings. The molecule has 4 aromatic rings. The largest absolute Gasteiger partial charge is 0.480 e. The number of benzene rings is 4. The van der Waals surface area contributed by atoms with Gasteiger partial charge in [0.25, 0.3) is 0 Å². The van der Waals surface area contributed by atoms with Crippen LogP contribution in [-0.4, -0.2) is 28.8 Å². The molecule has 0 fully saturated rings. The average molecular weight is 482 g/mol. The Morgan fingerprint density at radius 1 is 0.714 bits per heavy atom. The molecule has 0 saturated heterocycles. The van der Waals surface area contributed by atoms with Crippen LogP contribution in [0.5, 0.6) is 0 Å². The van der Waals surface area contributed by atoms with E-state index in [0.29, 0.717) is 5.69 Å². The van der Waals surface area contributed by atoms with Gasteiger partial charge in [0.15, 0.2) is 0 Å². The van der Waals surface area contributed by atoms with E-state index in [1.165, 1.54) is 23.6 Å². The second kappa shape index (κ2) is 11.1. The van der Waals surface area contributed by atoms with E-state index >= 15 is 0 Å². The minimum Gasteiger partial charge on any atom is -0.480 e. The number of hydrogen-bond acceptors (Lipinski definition) is 3. The zero-order valence-electron chi connectivity index (χ0n) is 19.5. The predicted molar refractivity (Wildman–Crippen MR) is 143 cm³/mol. The Bertz CT molecular complexity index is 1150. The first kappa shape index (κ1) is 24.3. The number of thioether (sulfide) groups is 1. The Kier molecular flexibility index (Phi) is 7.68. The number of carbonyl (C=O) groups excluding carboxylic acids is 1. The zero-order valence-corrected chi connectivity index (χ0v) is 20.3. The minimum absolute atomic E-state index is 0.183. The van der Waals surface area contributed by atoms with Crippen LogP contribution in [0.3, 0.4) is 0 Å². The number of nitrogens with zero attached hydrogens (tertiary/aromatic N) is 1. The van der Waals surface area contributed by atoms with E-state index in [2.05, 4.69) is 36.4 Å². The minimum atomic E-state index is -1.05. The molecule has 4 rings (SSSR count). The van der Waals surface area contributed by atoms with Crippen molar-refractivity contribution in [3.8, 4) is 0 Å². The smallest absolute Gasteiger partial charge is 0.327 e. The molecule has 35 heavy (non-hydrogen) atoms. The van der Waals surface area contributed by atoms with Gasteiger partial charge >= 0.3 is 5.97 Å². The van der Waals surface area contributed by atoms with Gasteiger partial charge in [-0.2, -0.15) is 0 Å². The van der Waals surface area contributed by atoms with E-state index in [1.54, 1.807) is 24.3 Å². The van der Waals surface area contributed by atoms with Crippen molar-refractivity contribution in [2.45, 2.75) is 17.7 Å². The highest BCUT2D eigenvalue weighted by Gasteiger charge is 2.40. The fourth-order valence-corrected chi connectivity index (χ4v) is 6.01. The van der Waals surface area contributed by atoms with Gasteiger partial charge in [0.1, 0.15) is 6.04 Å². The standard InChI is InChI=1S/C30H27NO3S/c1-23(32)31(27-20-12-5-13-21-27)28(29(33)34)22-35-30(24-14-6-2-7-15-24,25-16-8-3-9-17-25)26-18-10-4-11-19-26/h2-21,28H,22H2,1H3,(H,33,34)/t28-/m0/s1. The molecule has 1 atom stereocenters. The molecule has 4 aromatic carbocycles. The van der Waals surface area contributed by atoms with Gasteiger partial charge in [-0.05, 0) is 28.8 Å². The van der Waals surface area contributed by atoms with Crippen molar-refractivity contribution in [1.82, 2.24) is 0 Å². The molecular weight excluding hydrogens is 454 g/mol. The first-order chi connectivity index (χ1) is 17.0. The van der Waals surface area contributed by atoms with E-state index in [0.717, 1.165) is 16.7 Å². The van der Waals surface area contributed by atoms with Crippen LogP contribution in [0.2, 0.25) is 0 Å². The van der Waals surface area contributed by atoms with E-state index < -0.39 is 16.8 Å². The maximum atomic E-state index is 12.7. The maximum absolute atomic E-state index is 12.7. The molecule has 0 unspecified atom stereocenters. The summed E-state index contributed by atoms with van der Waals surface area (Å²) in [6, 6.07) is 38.3. The van der Waals surface area contributed by atoms with Crippen molar-refractivity contribution >= 4 is 29.3 Å². The summed E-state index contributed by atoms with van der Waals surface area (Å²) in [6.07, 6.45) is 0. The summed E-state index contributed by atoms with van der Waals surface area (Å²) in [5, 5.41) is 10.3. The van der Waals surface area contributed by atoms with Crippen LogP contribution in [0.15, 0.2) is 121 Å². The van der Waals surface area contributed by atoms with Crippen molar-refractivity contribution in [2.75, 3.05) is 10.7 Å². The number of amides is 1. The zero-order chi connectivity index (χ0) is 24.7. The van der Waals surface area contributed by atoms with Crippen LogP contribution < -0.4 is 4.90 Å². The lowest BCUT2D eigenvalue weighted by molar-refractivity contribution is -0.139. The molecule has 4 nitrogen and oxygen atoms in total. The molecule has 176 valence electrons.